The Hall–Kier alpha value is -2.77. The number of piperazine rings is 1. The van der Waals surface area contributed by atoms with Crippen molar-refractivity contribution in [3.8, 4) is 5.69 Å². The molecule has 2 heterocycles. The van der Waals surface area contributed by atoms with E-state index in [9.17, 15) is 9.59 Å². The van der Waals surface area contributed by atoms with Crippen LogP contribution in [0.3, 0.4) is 0 Å². The van der Waals surface area contributed by atoms with E-state index >= 15 is 0 Å². The predicted octanol–water partition coefficient (Wildman–Crippen LogP) is -0.457. The average molecular weight is 286 g/mol. The summed E-state index contributed by atoms with van der Waals surface area (Å²) < 4.78 is 0. The van der Waals surface area contributed by atoms with Crippen LogP contribution in [0.2, 0.25) is 0 Å². The highest BCUT2D eigenvalue weighted by Crippen LogP contribution is 2.07. The van der Waals surface area contributed by atoms with Crippen LogP contribution in [0.25, 0.3) is 5.69 Å². The second-order valence-electron chi connectivity index (χ2n) is 4.81. The van der Waals surface area contributed by atoms with Gasteiger partial charge in [-0.1, -0.05) is 17.7 Å². The molecule has 0 saturated carbocycles. The lowest BCUT2D eigenvalue weighted by molar-refractivity contribution is -0.123. The third kappa shape index (κ3) is 2.73. The van der Waals surface area contributed by atoms with Gasteiger partial charge in [-0.05, 0) is 24.3 Å². The Morgan fingerprint density at radius 1 is 1.29 bits per heavy atom. The first-order valence-corrected chi connectivity index (χ1v) is 6.56. The van der Waals surface area contributed by atoms with Crippen molar-refractivity contribution in [2.45, 2.75) is 6.92 Å². The number of tetrazole rings is 1. The zero-order valence-corrected chi connectivity index (χ0v) is 11.5. The summed E-state index contributed by atoms with van der Waals surface area (Å²) in [5, 5.41) is 14.4. The summed E-state index contributed by atoms with van der Waals surface area (Å²) in [6.45, 7) is 2.90. The van der Waals surface area contributed by atoms with Crippen molar-refractivity contribution in [1.29, 1.82) is 0 Å². The highest BCUT2D eigenvalue weighted by atomic mass is 16.2. The van der Waals surface area contributed by atoms with Crippen LogP contribution in [0.15, 0.2) is 24.3 Å². The van der Waals surface area contributed by atoms with Gasteiger partial charge in [0.1, 0.15) is 6.54 Å². The molecule has 108 valence electrons. The van der Waals surface area contributed by atoms with Crippen LogP contribution in [0.5, 0.6) is 0 Å². The van der Waals surface area contributed by atoms with Gasteiger partial charge in [0.15, 0.2) is 0 Å². The van der Waals surface area contributed by atoms with Crippen molar-refractivity contribution < 1.29 is 9.59 Å². The molecule has 1 aromatic heterocycles. The van der Waals surface area contributed by atoms with Crippen molar-refractivity contribution >= 4 is 11.8 Å². The predicted molar refractivity (Wildman–Crippen MR) is 72.8 cm³/mol. The Bertz CT molecular complexity index is 678. The van der Waals surface area contributed by atoms with E-state index in [2.05, 4.69) is 20.7 Å². The lowest BCUT2D eigenvalue weighted by atomic mass is 10.2. The maximum atomic E-state index is 12.2. The fraction of sp³-hybridized carbons (Fsp3) is 0.308. The number of aromatic nitrogens is 4. The van der Waals surface area contributed by atoms with E-state index < -0.39 is 0 Å². The zero-order chi connectivity index (χ0) is 14.8. The number of carbonyl (C=O) groups is 2. The first-order chi connectivity index (χ1) is 10.1. The molecule has 0 atom stereocenters. The monoisotopic (exact) mass is 286 g/mol. The summed E-state index contributed by atoms with van der Waals surface area (Å²) in [5.41, 5.74) is 1.85. The van der Waals surface area contributed by atoms with E-state index in [1.54, 1.807) is 0 Å². The SMILES string of the molecule is Cc1ccc(-n2nnc(C(=O)N3CCNC(=O)C3)n2)cc1. The first-order valence-electron chi connectivity index (χ1n) is 6.56. The highest BCUT2D eigenvalue weighted by molar-refractivity contribution is 5.93. The Balaban J connectivity index is 1.79. The standard InChI is InChI=1S/C13H14N6O2/c1-9-2-4-10(5-3-9)19-16-12(15-17-19)13(21)18-7-6-14-11(20)8-18/h2-5H,6-8H2,1H3,(H,14,20). The zero-order valence-electron chi connectivity index (χ0n) is 11.5. The van der Waals surface area contributed by atoms with E-state index in [4.69, 9.17) is 0 Å². The second-order valence-corrected chi connectivity index (χ2v) is 4.81. The number of carbonyl (C=O) groups excluding carboxylic acids is 2. The molecular formula is C13H14N6O2. The quantitative estimate of drug-likeness (QED) is 0.806. The topological polar surface area (TPSA) is 93.0 Å². The number of hydrogen-bond acceptors (Lipinski definition) is 5. The van der Waals surface area contributed by atoms with Crippen LogP contribution < -0.4 is 5.32 Å². The van der Waals surface area contributed by atoms with Gasteiger partial charge in [0.05, 0.1) is 5.69 Å². The molecule has 2 amide bonds. The maximum absolute atomic E-state index is 12.2. The summed E-state index contributed by atoms with van der Waals surface area (Å²) in [4.78, 5) is 26.2. The molecule has 0 spiro atoms. The van der Waals surface area contributed by atoms with Gasteiger partial charge in [-0.3, -0.25) is 9.59 Å². The number of aryl methyl sites for hydroxylation is 1. The van der Waals surface area contributed by atoms with Crippen LogP contribution >= 0.6 is 0 Å². The van der Waals surface area contributed by atoms with Gasteiger partial charge in [0, 0.05) is 13.1 Å². The summed E-state index contributed by atoms with van der Waals surface area (Å²) in [6, 6.07) is 7.55. The molecule has 2 aromatic rings. The summed E-state index contributed by atoms with van der Waals surface area (Å²) in [5.74, 6) is -0.575. The third-order valence-electron chi connectivity index (χ3n) is 3.20. The lowest BCUT2D eigenvalue weighted by Crippen LogP contribution is -2.50. The summed E-state index contributed by atoms with van der Waals surface area (Å²) >= 11 is 0. The van der Waals surface area contributed by atoms with Gasteiger partial charge >= 0.3 is 0 Å². The molecular weight excluding hydrogens is 272 g/mol. The van der Waals surface area contributed by atoms with Crippen molar-refractivity contribution in [2.75, 3.05) is 19.6 Å². The molecule has 1 aliphatic heterocycles. The van der Waals surface area contributed by atoms with E-state index in [1.807, 2.05) is 31.2 Å². The van der Waals surface area contributed by atoms with Gasteiger partial charge < -0.3 is 10.2 Å². The molecule has 0 bridgehead atoms. The van der Waals surface area contributed by atoms with Crippen molar-refractivity contribution in [2.24, 2.45) is 0 Å². The average Bonchev–Trinajstić information content (AvgIpc) is 2.97. The van der Waals surface area contributed by atoms with E-state index in [0.717, 1.165) is 11.3 Å². The number of nitrogens with one attached hydrogen (secondary N) is 1. The summed E-state index contributed by atoms with van der Waals surface area (Å²) in [7, 11) is 0. The van der Waals surface area contributed by atoms with Crippen molar-refractivity contribution in [3.05, 3.63) is 35.7 Å². The first kappa shape index (κ1) is 13.2. The van der Waals surface area contributed by atoms with E-state index in [0.29, 0.717) is 13.1 Å². The van der Waals surface area contributed by atoms with Crippen molar-refractivity contribution in [1.82, 2.24) is 30.4 Å². The molecule has 0 radical (unpaired) electrons. The number of rotatable bonds is 2. The maximum Gasteiger partial charge on any atom is 0.296 e. The molecule has 1 N–H and O–H groups in total. The molecule has 1 saturated heterocycles. The second kappa shape index (κ2) is 5.31. The highest BCUT2D eigenvalue weighted by Gasteiger charge is 2.25. The van der Waals surface area contributed by atoms with Gasteiger partial charge in [-0.2, -0.15) is 0 Å². The Morgan fingerprint density at radius 2 is 2.05 bits per heavy atom. The fourth-order valence-electron chi connectivity index (χ4n) is 2.04. The Kier molecular flexibility index (Phi) is 3.35. The number of benzene rings is 1. The van der Waals surface area contributed by atoms with Gasteiger partial charge in [0.25, 0.3) is 11.7 Å². The third-order valence-corrected chi connectivity index (χ3v) is 3.20. The fourth-order valence-corrected chi connectivity index (χ4v) is 2.04. The molecule has 1 aliphatic rings. The van der Waals surface area contributed by atoms with Crippen LogP contribution in [-0.2, 0) is 4.79 Å². The molecule has 3 rings (SSSR count). The number of nitrogens with zero attached hydrogens (tertiary/aromatic N) is 5. The van der Waals surface area contributed by atoms with Crippen LogP contribution in [0.4, 0.5) is 0 Å². The van der Waals surface area contributed by atoms with Gasteiger partial charge in [-0.15, -0.1) is 15.0 Å². The Labute approximate surface area is 120 Å². The summed E-state index contributed by atoms with van der Waals surface area (Å²) in [6.07, 6.45) is 0. The minimum absolute atomic E-state index is 0.00900. The number of hydrogen-bond donors (Lipinski definition) is 1. The molecule has 21 heavy (non-hydrogen) atoms. The Morgan fingerprint density at radius 3 is 2.76 bits per heavy atom. The molecule has 1 fully saturated rings. The minimum Gasteiger partial charge on any atom is -0.353 e. The minimum atomic E-state index is -0.386. The van der Waals surface area contributed by atoms with Crippen LogP contribution in [0.1, 0.15) is 16.2 Å². The molecule has 0 aliphatic carbocycles. The molecule has 0 unspecified atom stereocenters. The lowest BCUT2D eigenvalue weighted by Gasteiger charge is -2.25. The molecule has 8 heteroatoms. The van der Waals surface area contributed by atoms with Gasteiger partial charge in [0.2, 0.25) is 5.91 Å². The molecule has 8 nitrogen and oxygen atoms in total. The normalized spacial score (nSPS) is 14.9. The van der Waals surface area contributed by atoms with Crippen LogP contribution in [0, 0.1) is 6.92 Å². The number of amides is 2. The largest absolute Gasteiger partial charge is 0.353 e. The van der Waals surface area contributed by atoms with Crippen molar-refractivity contribution in [3.63, 3.8) is 0 Å². The van der Waals surface area contributed by atoms with Gasteiger partial charge in [-0.25, -0.2) is 0 Å². The van der Waals surface area contributed by atoms with E-state index in [1.165, 1.54) is 9.70 Å². The van der Waals surface area contributed by atoms with Crippen LogP contribution in [-0.4, -0.2) is 56.6 Å². The van der Waals surface area contributed by atoms with E-state index in [-0.39, 0.29) is 24.2 Å². The smallest absolute Gasteiger partial charge is 0.296 e. The molecule has 1 aromatic carbocycles.